The quantitative estimate of drug-likeness (QED) is 0.746. The van der Waals surface area contributed by atoms with Gasteiger partial charge >= 0.3 is 0 Å². The van der Waals surface area contributed by atoms with Crippen molar-refractivity contribution < 1.29 is 14.4 Å². The first kappa shape index (κ1) is 21.5. The van der Waals surface area contributed by atoms with Crippen molar-refractivity contribution in [2.45, 2.75) is 47.5 Å². The normalized spacial score (nSPS) is 26.0. The molecule has 1 N–H and O–H groups in total. The molecule has 0 bridgehead atoms. The molecule has 0 saturated carbocycles. The molecule has 2 aliphatic rings. The number of rotatable bonds is 5. The SMILES string of the molecule is CC(=O)NC[C@@H]1C=C(C)[C@H](CC(=O)N2CCN(C(C)=O)CC2)C[C@H]1C(C)C. The van der Waals surface area contributed by atoms with Gasteiger partial charge in [-0.15, -0.1) is 0 Å². The molecule has 0 aromatic carbocycles. The second kappa shape index (κ2) is 9.38. The summed E-state index contributed by atoms with van der Waals surface area (Å²) in [6.07, 6.45) is 3.80. The van der Waals surface area contributed by atoms with Crippen molar-refractivity contribution in [2.24, 2.45) is 23.7 Å². The minimum Gasteiger partial charge on any atom is -0.356 e. The largest absolute Gasteiger partial charge is 0.356 e. The zero-order valence-electron chi connectivity index (χ0n) is 17.5. The maximum absolute atomic E-state index is 12.8. The molecule has 1 saturated heterocycles. The lowest BCUT2D eigenvalue weighted by Gasteiger charge is -2.39. The Balaban J connectivity index is 1.97. The number of hydrogen-bond acceptors (Lipinski definition) is 3. The van der Waals surface area contributed by atoms with Crippen molar-refractivity contribution in [3.8, 4) is 0 Å². The van der Waals surface area contributed by atoms with E-state index in [1.807, 2.05) is 4.90 Å². The fourth-order valence-electron chi connectivity index (χ4n) is 4.38. The maximum atomic E-state index is 12.8. The van der Waals surface area contributed by atoms with Crippen LogP contribution in [0.4, 0.5) is 0 Å². The van der Waals surface area contributed by atoms with Crippen molar-refractivity contribution in [1.82, 2.24) is 15.1 Å². The lowest BCUT2D eigenvalue weighted by Crippen LogP contribution is -2.50. The van der Waals surface area contributed by atoms with E-state index < -0.39 is 0 Å². The van der Waals surface area contributed by atoms with Crippen LogP contribution in [0.5, 0.6) is 0 Å². The summed E-state index contributed by atoms with van der Waals surface area (Å²) in [4.78, 5) is 39.2. The van der Waals surface area contributed by atoms with Gasteiger partial charge in [0, 0.05) is 53.0 Å². The van der Waals surface area contributed by atoms with E-state index in [1.165, 1.54) is 5.57 Å². The lowest BCUT2D eigenvalue weighted by atomic mass is 9.69. The highest BCUT2D eigenvalue weighted by atomic mass is 16.2. The van der Waals surface area contributed by atoms with Crippen LogP contribution in [0, 0.1) is 23.7 Å². The fraction of sp³-hybridized carbons (Fsp3) is 0.762. The van der Waals surface area contributed by atoms with Crippen LogP contribution in [0.3, 0.4) is 0 Å². The second-order valence-corrected chi connectivity index (χ2v) is 8.44. The summed E-state index contributed by atoms with van der Waals surface area (Å²) in [5.74, 6) is 1.85. The smallest absolute Gasteiger partial charge is 0.223 e. The van der Waals surface area contributed by atoms with Gasteiger partial charge < -0.3 is 15.1 Å². The summed E-state index contributed by atoms with van der Waals surface area (Å²) in [5.41, 5.74) is 1.26. The van der Waals surface area contributed by atoms with Gasteiger partial charge in [0.1, 0.15) is 0 Å². The minimum atomic E-state index is 0.00515. The number of nitrogens with zero attached hydrogens (tertiary/aromatic N) is 2. The van der Waals surface area contributed by atoms with Crippen molar-refractivity contribution in [3.05, 3.63) is 11.6 Å². The van der Waals surface area contributed by atoms with Gasteiger partial charge in [0.2, 0.25) is 17.7 Å². The van der Waals surface area contributed by atoms with Gasteiger partial charge in [-0.3, -0.25) is 14.4 Å². The van der Waals surface area contributed by atoms with Crippen LogP contribution in [0.2, 0.25) is 0 Å². The Hall–Kier alpha value is -1.85. The van der Waals surface area contributed by atoms with Gasteiger partial charge in [-0.25, -0.2) is 0 Å². The molecule has 6 heteroatoms. The maximum Gasteiger partial charge on any atom is 0.223 e. The van der Waals surface area contributed by atoms with Crippen LogP contribution in [0.25, 0.3) is 0 Å². The first-order valence-corrected chi connectivity index (χ1v) is 10.1. The number of piperazine rings is 1. The van der Waals surface area contributed by atoms with Gasteiger partial charge in [0.15, 0.2) is 0 Å². The molecule has 2 rings (SSSR count). The fourth-order valence-corrected chi connectivity index (χ4v) is 4.38. The minimum absolute atomic E-state index is 0.00515. The molecule has 1 aliphatic heterocycles. The molecule has 0 radical (unpaired) electrons. The molecule has 6 nitrogen and oxygen atoms in total. The Bertz CT molecular complexity index is 591. The van der Waals surface area contributed by atoms with Crippen LogP contribution >= 0.6 is 0 Å². The van der Waals surface area contributed by atoms with Gasteiger partial charge in [0.05, 0.1) is 0 Å². The third-order valence-corrected chi connectivity index (χ3v) is 6.17. The Morgan fingerprint density at radius 1 is 1.11 bits per heavy atom. The third-order valence-electron chi connectivity index (χ3n) is 6.17. The molecule has 3 amide bonds. The highest BCUT2D eigenvalue weighted by molar-refractivity contribution is 5.78. The molecule has 27 heavy (non-hydrogen) atoms. The number of hydrogen-bond donors (Lipinski definition) is 1. The van der Waals surface area contributed by atoms with Gasteiger partial charge in [-0.05, 0) is 37.0 Å². The van der Waals surface area contributed by atoms with E-state index in [0.717, 1.165) is 6.42 Å². The van der Waals surface area contributed by atoms with Crippen molar-refractivity contribution in [1.29, 1.82) is 0 Å². The van der Waals surface area contributed by atoms with Crippen LogP contribution in [0.15, 0.2) is 11.6 Å². The molecule has 1 fully saturated rings. The van der Waals surface area contributed by atoms with Gasteiger partial charge in [-0.2, -0.15) is 0 Å². The van der Waals surface area contributed by atoms with E-state index in [2.05, 4.69) is 32.2 Å². The first-order chi connectivity index (χ1) is 12.7. The lowest BCUT2D eigenvalue weighted by molar-refractivity contribution is -0.139. The number of nitrogens with one attached hydrogen (secondary N) is 1. The highest BCUT2D eigenvalue weighted by Crippen LogP contribution is 2.39. The molecule has 1 heterocycles. The average Bonchev–Trinajstić information content (AvgIpc) is 2.61. The van der Waals surface area contributed by atoms with Crippen LogP contribution < -0.4 is 5.32 Å². The van der Waals surface area contributed by atoms with Gasteiger partial charge in [-0.1, -0.05) is 25.5 Å². The predicted octanol–water partition coefficient (Wildman–Crippen LogP) is 2.06. The molecule has 1 aliphatic carbocycles. The molecule has 0 aromatic heterocycles. The highest BCUT2D eigenvalue weighted by Gasteiger charge is 2.33. The van der Waals surface area contributed by atoms with Crippen molar-refractivity contribution >= 4 is 17.7 Å². The van der Waals surface area contributed by atoms with Crippen molar-refractivity contribution in [3.63, 3.8) is 0 Å². The Kier molecular flexibility index (Phi) is 7.45. The van der Waals surface area contributed by atoms with E-state index >= 15 is 0 Å². The topological polar surface area (TPSA) is 69.7 Å². The second-order valence-electron chi connectivity index (χ2n) is 8.44. The van der Waals surface area contributed by atoms with Crippen LogP contribution in [-0.4, -0.2) is 60.2 Å². The van der Waals surface area contributed by atoms with E-state index in [-0.39, 0.29) is 23.6 Å². The Labute approximate surface area is 163 Å². The summed E-state index contributed by atoms with van der Waals surface area (Å²) in [6, 6.07) is 0. The molecule has 0 spiro atoms. The molecule has 0 unspecified atom stereocenters. The molecule has 152 valence electrons. The number of amides is 3. The standard InChI is InChI=1S/C21H35N3O3/c1-14(2)20-11-18(15(3)10-19(20)13-22-16(4)25)12-21(27)24-8-6-23(7-9-24)17(5)26/h10,14,18-20H,6-9,11-13H2,1-5H3,(H,22,25)/t18-,19-,20-/m0/s1. The number of carbonyl (C=O) groups is 3. The molecular weight excluding hydrogens is 342 g/mol. The summed E-state index contributed by atoms with van der Waals surface area (Å²) >= 11 is 0. The summed E-state index contributed by atoms with van der Waals surface area (Å²) in [5, 5.41) is 2.95. The van der Waals surface area contributed by atoms with E-state index in [9.17, 15) is 14.4 Å². The monoisotopic (exact) mass is 377 g/mol. The van der Waals surface area contributed by atoms with E-state index in [0.29, 0.717) is 56.9 Å². The third kappa shape index (κ3) is 5.81. The van der Waals surface area contributed by atoms with Crippen molar-refractivity contribution in [2.75, 3.05) is 32.7 Å². The van der Waals surface area contributed by atoms with E-state index in [1.54, 1.807) is 18.7 Å². The van der Waals surface area contributed by atoms with Gasteiger partial charge in [0.25, 0.3) is 0 Å². The predicted molar refractivity (Wildman–Crippen MR) is 106 cm³/mol. The zero-order valence-corrected chi connectivity index (χ0v) is 17.5. The summed E-state index contributed by atoms with van der Waals surface area (Å²) in [6.45, 7) is 12.9. The average molecular weight is 378 g/mol. The van der Waals surface area contributed by atoms with Crippen LogP contribution in [-0.2, 0) is 14.4 Å². The first-order valence-electron chi connectivity index (χ1n) is 10.1. The van der Waals surface area contributed by atoms with E-state index in [4.69, 9.17) is 0 Å². The van der Waals surface area contributed by atoms with Crippen LogP contribution in [0.1, 0.15) is 47.5 Å². The summed E-state index contributed by atoms with van der Waals surface area (Å²) < 4.78 is 0. The number of carbonyl (C=O) groups excluding carboxylic acids is 3. The Morgan fingerprint density at radius 3 is 2.22 bits per heavy atom. The Morgan fingerprint density at radius 2 is 1.70 bits per heavy atom. The zero-order chi connectivity index (χ0) is 20.1. The number of allylic oxidation sites excluding steroid dienone is 1. The molecule has 3 atom stereocenters. The molecule has 0 aromatic rings. The summed E-state index contributed by atoms with van der Waals surface area (Å²) in [7, 11) is 0. The molecular formula is C21H35N3O3.